The van der Waals surface area contributed by atoms with E-state index in [0.29, 0.717) is 32.7 Å². The molecule has 3 rings (SSSR count). The summed E-state index contributed by atoms with van der Waals surface area (Å²) in [7, 11) is 0. The second-order valence-electron chi connectivity index (χ2n) is 6.75. The Morgan fingerprint density at radius 3 is 2.81 bits per heavy atom. The summed E-state index contributed by atoms with van der Waals surface area (Å²) in [6.07, 6.45) is 0.453. The molecule has 2 fully saturated rings. The molecule has 1 unspecified atom stereocenters. The lowest BCUT2D eigenvalue weighted by molar-refractivity contribution is -0.126. The lowest BCUT2D eigenvalue weighted by Gasteiger charge is -2.26. The van der Waals surface area contributed by atoms with Crippen LogP contribution in [0, 0.1) is 0 Å². The molecule has 2 aliphatic rings. The standard InChI is InChI=1S/C19H28N4O4/c24-18(4-6-23-7-10-26-11-8-23)22-16-3-1-2-15(12-16)13-21-19(25)17-14-27-9-5-20-17/h1-3,12,17,20H,4-11,13-14H2,(H,21,25)(H,22,24). The number of rotatable bonds is 7. The van der Waals surface area contributed by atoms with Gasteiger partial charge in [0.2, 0.25) is 11.8 Å². The molecule has 148 valence electrons. The fourth-order valence-corrected chi connectivity index (χ4v) is 3.11. The van der Waals surface area contributed by atoms with Crippen molar-refractivity contribution in [3.63, 3.8) is 0 Å². The Morgan fingerprint density at radius 1 is 1.19 bits per heavy atom. The van der Waals surface area contributed by atoms with Gasteiger partial charge in [-0.05, 0) is 17.7 Å². The first-order valence-electron chi connectivity index (χ1n) is 9.48. The lowest BCUT2D eigenvalue weighted by Crippen LogP contribution is -2.51. The van der Waals surface area contributed by atoms with E-state index in [0.717, 1.165) is 44.1 Å². The predicted molar refractivity (Wildman–Crippen MR) is 101 cm³/mol. The monoisotopic (exact) mass is 376 g/mol. The summed E-state index contributed by atoms with van der Waals surface area (Å²) >= 11 is 0. The number of nitrogens with one attached hydrogen (secondary N) is 3. The number of morpholine rings is 2. The summed E-state index contributed by atoms with van der Waals surface area (Å²) in [6.45, 7) is 6.09. The van der Waals surface area contributed by atoms with E-state index in [1.807, 2.05) is 24.3 Å². The van der Waals surface area contributed by atoms with E-state index < -0.39 is 0 Å². The molecule has 0 spiro atoms. The van der Waals surface area contributed by atoms with Crippen molar-refractivity contribution in [2.75, 3.05) is 57.9 Å². The van der Waals surface area contributed by atoms with Gasteiger partial charge in [0.25, 0.3) is 0 Å². The minimum absolute atomic E-state index is 0.00812. The van der Waals surface area contributed by atoms with Crippen LogP contribution in [0.2, 0.25) is 0 Å². The van der Waals surface area contributed by atoms with Gasteiger partial charge >= 0.3 is 0 Å². The van der Waals surface area contributed by atoms with Crippen molar-refractivity contribution >= 4 is 17.5 Å². The molecule has 0 aromatic heterocycles. The van der Waals surface area contributed by atoms with E-state index in [-0.39, 0.29) is 17.9 Å². The van der Waals surface area contributed by atoms with Crippen LogP contribution in [0.1, 0.15) is 12.0 Å². The molecule has 0 bridgehead atoms. The molecule has 1 atom stereocenters. The second-order valence-corrected chi connectivity index (χ2v) is 6.75. The number of anilines is 1. The minimum atomic E-state index is -0.304. The number of ether oxygens (including phenoxy) is 2. The summed E-state index contributed by atoms with van der Waals surface area (Å²) in [5.41, 5.74) is 1.68. The molecule has 2 aliphatic heterocycles. The highest BCUT2D eigenvalue weighted by Crippen LogP contribution is 2.11. The van der Waals surface area contributed by atoms with Gasteiger partial charge in [-0.15, -0.1) is 0 Å². The van der Waals surface area contributed by atoms with E-state index in [4.69, 9.17) is 9.47 Å². The van der Waals surface area contributed by atoms with Crippen molar-refractivity contribution < 1.29 is 19.1 Å². The number of benzene rings is 1. The fourth-order valence-electron chi connectivity index (χ4n) is 3.11. The zero-order chi connectivity index (χ0) is 18.9. The third-order valence-electron chi connectivity index (χ3n) is 4.67. The van der Waals surface area contributed by atoms with Gasteiger partial charge in [-0.2, -0.15) is 0 Å². The minimum Gasteiger partial charge on any atom is -0.379 e. The molecule has 0 aliphatic carbocycles. The van der Waals surface area contributed by atoms with Gasteiger partial charge in [0.05, 0.1) is 26.4 Å². The topological polar surface area (TPSA) is 91.9 Å². The normalized spacial score (nSPS) is 20.8. The number of hydrogen-bond acceptors (Lipinski definition) is 6. The van der Waals surface area contributed by atoms with Crippen molar-refractivity contribution in [3.05, 3.63) is 29.8 Å². The third kappa shape index (κ3) is 6.59. The Balaban J connectivity index is 1.42. The average molecular weight is 376 g/mol. The molecule has 1 aromatic rings. The Labute approximate surface area is 159 Å². The molecule has 8 nitrogen and oxygen atoms in total. The first-order valence-corrected chi connectivity index (χ1v) is 9.48. The summed E-state index contributed by atoms with van der Waals surface area (Å²) in [5, 5.41) is 8.96. The number of hydrogen-bond donors (Lipinski definition) is 3. The van der Waals surface area contributed by atoms with Crippen molar-refractivity contribution in [2.24, 2.45) is 0 Å². The maximum absolute atomic E-state index is 12.2. The Morgan fingerprint density at radius 2 is 2.04 bits per heavy atom. The van der Waals surface area contributed by atoms with Gasteiger partial charge in [0, 0.05) is 44.8 Å². The summed E-state index contributed by atoms with van der Waals surface area (Å²) in [4.78, 5) is 26.5. The maximum atomic E-state index is 12.2. The Kier molecular flexibility index (Phi) is 7.58. The molecule has 27 heavy (non-hydrogen) atoms. The van der Waals surface area contributed by atoms with Crippen LogP contribution in [-0.4, -0.2) is 75.4 Å². The number of nitrogens with zero attached hydrogens (tertiary/aromatic N) is 1. The molecule has 0 radical (unpaired) electrons. The molecule has 0 saturated carbocycles. The van der Waals surface area contributed by atoms with E-state index in [1.165, 1.54) is 0 Å². The molecular formula is C19H28N4O4. The summed E-state index contributed by atoms with van der Waals surface area (Å²) in [5.74, 6) is -0.0825. The van der Waals surface area contributed by atoms with E-state index in [9.17, 15) is 9.59 Å². The summed E-state index contributed by atoms with van der Waals surface area (Å²) < 4.78 is 10.6. The van der Waals surface area contributed by atoms with Crippen LogP contribution in [-0.2, 0) is 25.6 Å². The fraction of sp³-hybridized carbons (Fsp3) is 0.579. The van der Waals surface area contributed by atoms with Crippen LogP contribution < -0.4 is 16.0 Å². The van der Waals surface area contributed by atoms with Crippen LogP contribution in [0.4, 0.5) is 5.69 Å². The van der Waals surface area contributed by atoms with Crippen LogP contribution in [0.3, 0.4) is 0 Å². The van der Waals surface area contributed by atoms with Crippen LogP contribution in [0.15, 0.2) is 24.3 Å². The van der Waals surface area contributed by atoms with E-state index >= 15 is 0 Å². The number of carbonyl (C=O) groups is 2. The first kappa shape index (κ1) is 19.8. The highest BCUT2D eigenvalue weighted by molar-refractivity contribution is 5.90. The highest BCUT2D eigenvalue weighted by Gasteiger charge is 2.20. The lowest BCUT2D eigenvalue weighted by atomic mass is 10.2. The third-order valence-corrected chi connectivity index (χ3v) is 4.67. The summed E-state index contributed by atoms with van der Waals surface area (Å²) in [6, 6.07) is 7.24. The van der Waals surface area contributed by atoms with Crippen LogP contribution in [0.25, 0.3) is 0 Å². The molecule has 1 aromatic carbocycles. The second kappa shape index (κ2) is 10.4. The molecule has 2 saturated heterocycles. The quantitative estimate of drug-likeness (QED) is 0.618. The van der Waals surface area contributed by atoms with Crippen molar-refractivity contribution in [1.29, 1.82) is 0 Å². The van der Waals surface area contributed by atoms with Crippen molar-refractivity contribution in [3.8, 4) is 0 Å². The molecular weight excluding hydrogens is 348 g/mol. The van der Waals surface area contributed by atoms with Crippen molar-refractivity contribution in [1.82, 2.24) is 15.5 Å². The van der Waals surface area contributed by atoms with Crippen LogP contribution >= 0.6 is 0 Å². The predicted octanol–water partition coefficient (Wildman–Crippen LogP) is -0.0480. The van der Waals surface area contributed by atoms with E-state index in [2.05, 4.69) is 20.9 Å². The number of amides is 2. The Bertz CT molecular complexity index is 628. The zero-order valence-electron chi connectivity index (χ0n) is 15.5. The van der Waals surface area contributed by atoms with Gasteiger partial charge in [-0.25, -0.2) is 0 Å². The van der Waals surface area contributed by atoms with Gasteiger partial charge in [0.1, 0.15) is 6.04 Å². The van der Waals surface area contributed by atoms with E-state index in [1.54, 1.807) is 0 Å². The molecule has 2 amide bonds. The average Bonchev–Trinajstić information content (AvgIpc) is 2.72. The number of carbonyl (C=O) groups excluding carboxylic acids is 2. The SMILES string of the molecule is O=C(CCN1CCOCC1)Nc1cccc(CNC(=O)C2COCCN2)c1. The van der Waals surface area contributed by atoms with Gasteiger partial charge in [-0.3, -0.25) is 14.5 Å². The van der Waals surface area contributed by atoms with Crippen molar-refractivity contribution in [2.45, 2.75) is 19.0 Å². The van der Waals surface area contributed by atoms with Gasteiger partial charge in [-0.1, -0.05) is 12.1 Å². The molecule has 8 heteroatoms. The smallest absolute Gasteiger partial charge is 0.239 e. The maximum Gasteiger partial charge on any atom is 0.239 e. The van der Waals surface area contributed by atoms with Crippen LogP contribution in [0.5, 0.6) is 0 Å². The molecule has 3 N–H and O–H groups in total. The Hall–Kier alpha value is -2.00. The largest absolute Gasteiger partial charge is 0.379 e. The van der Waals surface area contributed by atoms with Gasteiger partial charge in [0.15, 0.2) is 0 Å². The van der Waals surface area contributed by atoms with Gasteiger partial charge < -0.3 is 25.4 Å². The highest BCUT2D eigenvalue weighted by atomic mass is 16.5. The molecule has 2 heterocycles. The first-order chi connectivity index (χ1) is 13.2. The zero-order valence-corrected chi connectivity index (χ0v) is 15.5.